The number of hydrogen-bond donors (Lipinski definition) is 2. The van der Waals surface area contributed by atoms with Gasteiger partial charge in [0.05, 0.1) is 4.90 Å². The summed E-state index contributed by atoms with van der Waals surface area (Å²) in [4.78, 5) is 10.7. The van der Waals surface area contributed by atoms with Crippen LogP contribution >= 0.6 is 11.6 Å². The predicted octanol–water partition coefficient (Wildman–Crippen LogP) is 2.82. The molecule has 1 atom stereocenters. The highest BCUT2D eigenvalue weighted by atomic mass is 35.5. The number of carboxylic acids is 1. The van der Waals surface area contributed by atoms with E-state index in [2.05, 4.69) is 4.72 Å². The quantitative estimate of drug-likeness (QED) is 0.766. The molecule has 0 aliphatic heterocycles. The summed E-state index contributed by atoms with van der Waals surface area (Å²) in [5.74, 6) is -0.686. The molecule has 0 aliphatic rings. The predicted molar refractivity (Wildman–Crippen MR) is 82.0 cm³/mol. The van der Waals surface area contributed by atoms with Crippen molar-refractivity contribution < 1.29 is 18.3 Å². The standard InChI is InChI=1S/C14H20ClNO4S/c1-10(3-6-14(17)18)7-8-16-21(19,20)13-5-4-12(15)9-11(13)2/h4-5,9-10,16H,3,6-8H2,1-2H3,(H,17,18). The van der Waals surface area contributed by atoms with E-state index in [0.717, 1.165) is 0 Å². The molecule has 0 saturated carbocycles. The highest BCUT2D eigenvalue weighted by Gasteiger charge is 2.16. The number of aryl methyl sites for hydroxylation is 1. The van der Waals surface area contributed by atoms with Crippen LogP contribution in [0, 0.1) is 12.8 Å². The number of aliphatic carboxylic acids is 1. The van der Waals surface area contributed by atoms with Crippen molar-refractivity contribution in [3.05, 3.63) is 28.8 Å². The minimum atomic E-state index is -3.56. The fourth-order valence-electron chi connectivity index (χ4n) is 1.95. The Balaban J connectivity index is 2.55. The smallest absolute Gasteiger partial charge is 0.303 e. The first kappa shape index (κ1) is 17.9. The van der Waals surface area contributed by atoms with Crippen LogP contribution in [0.15, 0.2) is 23.1 Å². The minimum Gasteiger partial charge on any atom is -0.481 e. The molecular formula is C14H20ClNO4S. The first-order valence-corrected chi connectivity index (χ1v) is 8.56. The minimum absolute atomic E-state index is 0.101. The first-order chi connectivity index (χ1) is 9.72. The number of carboxylic acid groups (broad SMARTS) is 1. The highest BCUT2D eigenvalue weighted by Crippen LogP contribution is 2.19. The van der Waals surface area contributed by atoms with Gasteiger partial charge in [-0.25, -0.2) is 13.1 Å². The normalized spacial score (nSPS) is 13.1. The molecule has 2 N–H and O–H groups in total. The van der Waals surface area contributed by atoms with Gasteiger partial charge in [0.2, 0.25) is 10.0 Å². The van der Waals surface area contributed by atoms with Gasteiger partial charge in [0.1, 0.15) is 0 Å². The average Bonchev–Trinajstić information content (AvgIpc) is 2.35. The lowest BCUT2D eigenvalue weighted by Crippen LogP contribution is -2.26. The molecule has 7 heteroatoms. The van der Waals surface area contributed by atoms with Crippen molar-refractivity contribution in [3.63, 3.8) is 0 Å². The Morgan fingerprint density at radius 2 is 2.05 bits per heavy atom. The van der Waals surface area contributed by atoms with Gasteiger partial charge in [0.25, 0.3) is 0 Å². The fourth-order valence-corrected chi connectivity index (χ4v) is 3.44. The molecule has 0 aromatic heterocycles. The largest absolute Gasteiger partial charge is 0.481 e. The monoisotopic (exact) mass is 333 g/mol. The Hall–Kier alpha value is -1.11. The van der Waals surface area contributed by atoms with Crippen molar-refractivity contribution in [2.75, 3.05) is 6.54 Å². The molecule has 5 nitrogen and oxygen atoms in total. The highest BCUT2D eigenvalue weighted by molar-refractivity contribution is 7.89. The molecule has 1 aromatic carbocycles. The summed E-state index contributed by atoms with van der Waals surface area (Å²) in [6.07, 6.45) is 1.24. The topological polar surface area (TPSA) is 83.5 Å². The van der Waals surface area contributed by atoms with E-state index in [9.17, 15) is 13.2 Å². The molecule has 0 radical (unpaired) electrons. The van der Waals surface area contributed by atoms with Crippen LogP contribution in [0.25, 0.3) is 0 Å². The van der Waals surface area contributed by atoms with Crippen LogP contribution in [-0.4, -0.2) is 26.0 Å². The van der Waals surface area contributed by atoms with Gasteiger partial charge in [-0.05, 0) is 49.4 Å². The third-order valence-corrected chi connectivity index (χ3v) is 5.06. The zero-order valence-corrected chi connectivity index (χ0v) is 13.7. The van der Waals surface area contributed by atoms with Gasteiger partial charge in [-0.3, -0.25) is 4.79 Å². The number of hydrogen-bond acceptors (Lipinski definition) is 3. The Morgan fingerprint density at radius 3 is 2.62 bits per heavy atom. The summed E-state index contributed by atoms with van der Waals surface area (Å²) < 4.78 is 26.9. The molecule has 0 amide bonds. The summed E-state index contributed by atoms with van der Waals surface area (Å²) in [7, 11) is -3.56. The Bertz CT molecular complexity index is 601. The van der Waals surface area contributed by atoms with Crippen molar-refractivity contribution in [2.24, 2.45) is 5.92 Å². The van der Waals surface area contributed by atoms with Gasteiger partial charge < -0.3 is 5.11 Å². The van der Waals surface area contributed by atoms with Gasteiger partial charge in [0, 0.05) is 18.0 Å². The third-order valence-electron chi connectivity index (χ3n) is 3.21. The molecule has 0 saturated heterocycles. The van der Waals surface area contributed by atoms with Gasteiger partial charge >= 0.3 is 5.97 Å². The zero-order valence-electron chi connectivity index (χ0n) is 12.1. The van der Waals surface area contributed by atoms with E-state index in [1.807, 2.05) is 6.92 Å². The number of sulfonamides is 1. The number of carbonyl (C=O) groups is 1. The van der Waals surface area contributed by atoms with Crippen LogP contribution in [0.1, 0.15) is 31.7 Å². The van der Waals surface area contributed by atoms with Crippen molar-refractivity contribution in [2.45, 2.75) is 38.0 Å². The van der Waals surface area contributed by atoms with Gasteiger partial charge in [-0.1, -0.05) is 18.5 Å². The van der Waals surface area contributed by atoms with Crippen LogP contribution in [0.2, 0.25) is 5.02 Å². The van der Waals surface area contributed by atoms with Gasteiger partial charge in [0.15, 0.2) is 0 Å². The molecule has 1 rings (SSSR count). The molecule has 1 unspecified atom stereocenters. The lowest BCUT2D eigenvalue weighted by atomic mass is 10.0. The Kier molecular flexibility index (Phi) is 6.64. The maximum absolute atomic E-state index is 12.2. The SMILES string of the molecule is Cc1cc(Cl)ccc1S(=O)(=O)NCCC(C)CCC(=O)O. The molecule has 1 aromatic rings. The van der Waals surface area contributed by atoms with Gasteiger partial charge in [-0.15, -0.1) is 0 Å². The van der Waals surface area contributed by atoms with Gasteiger partial charge in [-0.2, -0.15) is 0 Å². The van der Waals surface area contributed by atoms with E-state index in [4.69, 9.17) is 16.7 Å². The summed E-state index contributed by atoms with van der Waals surface area (Å²) >= 11 is 5.81. The van der Waals surface area contributed by atoms with E-state index >= 15 is 0 Å². The lowest BCUT2D eigenvalue weighted by molar-refractivity contribution is -0.137. The molecule has 0 spiro atoms. The summed E-state index contributed by atoms with van der Waals surface area (Å²) in [6, 6.07) is 4.62. The maximum atomic E-state index is 12.2. The molecule has 0 heterocycles. The molecule has 0 aliphatic carbocycles. The van der Waals surface area contributed by atoms with Crippen LogP contribution in [0.4, 0.5) is 0 Å². The third kappa shape index (κ3) is 6.03. The first-order valence-electron chi connectivity index (χ1n) is 6.70. The lowest BCUT2D eigenvalue weighted by Gasteiger charge is -2.12. The molecule has 0 fully saturated rings. The van der Waals surface area contributed by atoms with E-state index in [-0.39, 0.29) is 23.8 Å². The fraction of sp³-hybridized carbons (Fsp3) is 0.500. The van der Waals surface area contributed by atoms with Crippen molar-refractivity contribution in [1.29, 1.82) is 0 Å². The van der Waals surface area contributed by atoms with Crippen molar-refractivity contribution in [3.8, 4) is 0 Å². The second-order valence-electron chi connectivity index (χ2n) is 5.13. The van der Waals surface area contributed by atoms with E-state index in [1.54, 1.807) is 19.1 Å². The van der Waals surface area contributed by atoms with Crippen LogP contribution in [-0.2, 0) is 14.8 Å². The summed E-state index contributed by atoms with van der Waals surface area (Å²) in [6.45, 7) is 3.88. The molecule has 21 heavy (non-hydrogen) atoms. The van der Waals surface area contributed by atoms with Crippen molar-refractivity contribution in [1.82, 2.24) is 4.72 Å². The van der Waals surface area contributed by atoms with E-state index in [1.165, 1.54) is 6.07 Å². The number of halogens is 1. The molecular weight excluding hydrogens is 314 g/mol. The van der Waals surface area contributed by atoms with Crippen LogP contribution in [0.5, 0.6) is 0 Å². The summed E-state index contributed by atoms with van der Waals surface area (Å²) in [5.41, 5.74) is 0.592. The second-order valence-corrected chi connectivity index (χ2v) is 7.31. The molecule has 118 valence electrons. The zero-order chi connectivity index (χ0) is 16.0. The van der Waals surface area contributed by atoms with E-state index in [0.29, 0.717) is 23.4 Å². The van der Waals surface area contributed by atoms with Crippen molar-refractivity contribution >= 4 is 27.6 Å². The molecule has 0 bridgehead atoms. The Morgan fingerprint density at radius 1 is 1.38 bits per heavy atom. The van der Waals surface area contributed by atoms with Crippen LogP contribution < -0.4 is 4.72 Å². The average molecular weight is 334 g/mol. The number of benzene rings is 1. The number of rotatable bonds is 8. The number of nitrogens with one attached hydrogen (secondary N) is 1. The Labute approximate surface area is 130 Å². The summed E-state index contributed by atoms with van der Waals surface area (Å²) in [5, 5.41) is 9.09. The second kappa shape index (κ2) is 7.77. The maximum Gasteiger partial charge on any atom is 0.303 e. The van der Waals surface area contributed by atoms with E-state index < -0.39 is 16.0 Å². The van der Waals surface area contributed by atoms with Crippen LogP contribution in [0.3, 0.4) is 0 Å².